The molecule has 48 heavy (non-hydrogen) atoms. The maximum Gasteiger partial charge on any atom is 0.161 e. The molecule has 7 aromatic rings. The normalized spacial score (nSPS) is 14.4. The van der Waals surface area contributed by atoms with Crippen LogP contribution in [0.2, 0.25) is 0 Å². The van der Waals surface area contributed by atoms with Crippen molar-refractivity contribution >= 4 is 10.8 Å². The van der Waals surface area contributed by atoms with Gasteiger partial charge in [0.15, 0.2) is 5.82 Å². The molecule has 2 aliphatic rings. The van der Waals surface area contributed by atoms with Crippen molar-refractivity contribution in [3.8, 4) is 62.2 Å². The lowest BCUT2D eigenvalue weighted by Gasteiger charge is -2.36. The SMILES string of the molecule is N#Cc1ccc2c(c1)C1(CCCCC1)c1ccc(-c3ccccc3-c3cc(-c4ccccc4)nc(-c4cccc5ccccc45)n3)cc1-2. The molecule has 0 bridgehead atoms. The highest BCUT2D eigenvalue weighted by Crippen LogP contribution is 2.56. The molecule has 9 rings (SSSR count). The second-order valence-electron chi connectivity index (χ2n) is 13.2. The molecule has 0 N–H and O–H groups in total. The van der Waals surface area contributed by atoms with Crippen LogP contribution in [0.5, 0.6) is 0 Å². The Hall–Kier alpha value is -5.85. The van der Waals surface area contributed by atoms with E-state index in [4.69, 9.17) is 9.97 Å². The summed E-state index contributed by atoms with van der Waals surface area (Å²) in [6, 6.07) is 51.7. The fraction of sp³-hybridized carbons (Fsp3) is 0.133. The summed E-state index contributed by atoms with van der Waals surface area (Å²) in [5, 5.41) is 12.1. The van der Waals surface area contributed by atoms with E-state index in [0.29, 0.717) is 5.82 Å². The lowest BCUT2D eigenvalue weighted by molar-refractivity contribution is 0.353. The highest BCUT2D eigenvalue weighted by atomic mass is 14.9. The molecule has 0 saturated heterocycles. The van der Waals surface area contributed by atoms with E-state index < -0.39 is 0 Å². The summed E-state index contributed by atoms with van der Waals surface area (Å²) < 4.78 is 0. The van der Waals surface area contributed by atoms with Crippen LogP contribution >= 0.6 is 0 Å². The molecule has 0 radical (unpaired) electrons. The first-order valence-corrected chi connectivity index (χ1v) is 16.9. The predicted molar refractivity (Wildman–Crippen MR) is 195 cm³/mol. The average Bonchev–Trinajstić information content (AvgIpc) is 3.42. The fourth-order valence-corrected chi connectivity index (χ4v) is 8.28. The minimum absolute atomic E-state index is 0.00156. The lowest BCUT2D eigenvalue weighted by Crippen LogP contribution is -2.28. The Balaban J connectivity index is 1.23. The zero-order valence-corrected chi connectivity index (χ0v) is 26.7. The third-order valence-electron chi connectivity index (χ3n) is 10.5. The van der Waals surface area contributed by atoms with Crippen LogP contribution in [0.3, 0.4) is 0 Å². The third-order valence-corrected chi connectivity index (χ3v) is 10.5. The van der Waals surface area contributed by atoms with Crippen LogP contribution in [0.25, 0.3) is 66.9 Å². The molecule has 1 saturated carbocycles. The Morgan fingerprint density at radius 2 is 1.23 bits per heavy atom. The van der Waals surface area contributed by atoms with Crippen LogP contribution in [-0.4, -0.2) is 9.97 Å². The molecule has 0 atom stereocenters. The summed E-state index contributed by atoms with van der Waals surface area (Å²) in [5.74, 6) is 0.716. The molecule has 228 valence electrons. The molecule has 6 aromatic carbocycles. The molecule has 3 nitrogen and oxygen atoms in total. The van der Waals surface area contributed by atoms with Gasteiger partial charge in [-0.1, -0.05) is 135 Å². The number of rotatable bonds is 4. The molecule has 3 heteroatoms. The Labute approximate surface area is 281 Å². The van der Waals surface area contributed by atoms with E-state index in [2.05, 4.69) is 133 Å². The van der Waals surface area contributed by atoms with Crippen molar-refractivity contribution in [3.05, 3.63) is 156 Å². The van der Waals surface area contributed by atoms with Crippen LogP contribution < -0.4 is 0 Å². The third kappa shape index (κ3) is 4.56. The van der Waals surface area contributed by atoms with E-state index in [-0.39, 0.29) is 5.41 Å². The van der Waals surface area contributed by atoms with Crippen molar-refractivity contribution in [1.82, 2.24) is 9.97 Å². The van der Waals surface area contributed by atoms with Crippen LogP contribution in [0.1, 0.15) is 48.8 Å². The van der Waals surface area contributed by atoms with Crippen LogP contribution in [0.15, 0.2) is 140 Å². The van der Waals surface area contributed by atoms with Gasteiger partial charge in [-0.05, 0) is 81.3 Å². The van der Waals surface area contributed by atoms with E-state index in [9.17, 15) is 5.26 Å². The van der Waals surface area contributed by atoms with Crippen molar-refractivity contribution in [2.24, 2.45) is 0 Å². The van der Waals surface area contributed by atoms with Crippen molar-refractivity contribution in [3.63, 3.8) is 0 Å². The second-order valence-corrected chi connectivity index (χ2v) is 13.2. The summed E-state index contributed by atoms with van der Waals surface area (Å²) in [6.07, 6.45) is 5.99. The minimum Gasteiger partial charge on any atom is -0.228 e. The number of hydrogen-bond acceptors (Lipinski definition) is 3. The molecular formula is C45H33N3. The maximum atomic E-state index is 9.78. The highest BCUT2D eigenvalue weighted by molar-refractivity contribution is 5.96. The number of nitriles is 1. The Morgan fingerprint density at radius 3 is 2.08 bits per heavy atom. The van der Waals surface area contributed by atoms with Gasteiger partial charge in [-0.15, -0.1) is 0 Å². The number of aromatic nitrogens is 2. The first kappa shape index (κ1) is 28.4. The molecule has 0 unspecified atom stereocenters. The quantitative estimate of drug-likeness (QED) is 0.198. The van der Waals surface area contributed by atoms with Gasteiger partial charge >= 0.3 is 0 Å². The summed E-state index contributed by atoms with van der Waals surface area (Å²) >= 11 is 0. The summed E-state index contributed by atoms with van der Waals surface area (Å²) in [6.45, 7) is 0. The Kier molecular flexibility index (Phi) is 6.76. The first-order chi connectivity index (χ1) is 23.7. The smallest absolute Gasteiger partial charge is 0.161 e. The number of nitrogens with zero attached hydrogens (tertiary/aromatic N) is 3. The van der Waals surface area contributed by atoms with Gasteiger partial charge in [0, 0.05) is 22.1 Å². The van der Waals surface area contributed by atoms with Crippen LogP contribution in [-0.2, 0) is 5.41 Å². The van der Waals surface area contributed by atoms with Crippen LogP contribution in [0, 0.1) is 11.3 Å². The van der Waals surface area contributed by atoms with Gasteiger partial charge in [-0.2, -0.15) is 5.26 Å². The lowest BCUT2D eigenvalue weighted by atomic mass is 9.67. The second kappa shape index (κ2) is 11.4. The topological polar surface area (TPSA) is 49.6 Å². The number of hydrogen-bond donors (Lipinski definition) is 0. The van der Waals surface area contributed by atoms with Crippen LogP contribution in [0.4, 0.5) is 0 Å². The predicted octanol–water partition coefficient (Wildman–Crippen LogP) is 11.4. The van der Waals surface area contributed by atoms with Gasteiger partial charge in [0.25, 0.3) is 0 Å². The summed E-state index contributed by atoms with van der Waals surface area (Å²) in [4.78, 5) is 10.4. The molecular weight excluding hydrogens is 583 g/mol. The average molecular weight is 616 g/mol. The van der Waals surface area contributed by atoms with Gasteiger partial charge in [0.05, 0.1) is 23.0 Å². The van der Waals surface area contributed by atoms with Gasteiger partial charge < -0.3 is 0 Å². The molecule has 0 aliphatic heterocycles. The van der Waals surface area contributed by atoms with E-state index in [0.717, 1.165) is 57.4 Å². The zero-order valence-electron chi connectivity index (χ0n) is 26.7. The molecule has 1 fully saturated rings. The molecule has 1 aromatic heterocycles. The Bertz CT molecular complexity index is 2390. The van der Waals surface area contributed by atoms with Crippen molar-refractivity contribution in [2.75, 3.05) is 0 Å². The molecule has 1 heterocycles. The molecule has 1 spiro atoms. The summed E-state index contributed by atoms with van der Waals surface area (Å²) in [7, 11) is 0. The van der Waals surface area contributed by atoms with E-state index in [1.165, 1.54) is 52.5 Å². The minimum atomic E-state index is -0.00156. The zero-order chi connectivity index (χ0) is 32.1. The maximum absolute atomic E-state index is 9.78. The van der Waals surface area contributed by atoms with Gasteiger partial charge in [0.1, 0.15) is 0 Å². The molecule has 2 aliphatic carbocycles. The van der Waals surface area contributed by atoms with Crippen molar-refractivity contribution in [2.45, 2.75) is 37.5 Å². The van der Waals surface area contributed by atoms with Gasteiger partial charge in [-0.3, -0.25) is 0 Å². The van der Waals surface area contributed by atoms with E-state index in [1.54, 1.807) is 0 Å². The molecule has 0 amide bonds. The van der Waals surface area contributed by atoms with Crippen molar-refractivity contribution < 1.29 is 0 Å². The van der Waals surface area contributed by atoms with Crippen molar-refractivity contribution in [1.29, 1.82) is 5.26 Å². The standard InChI is InChI=1S/C45H33N3/c46-29-30-20-22-36-39-27-33(21-23-40(39)45(41(36)26-30)24-9-2-10-25-45)35-17-7-8-18-37(35)43-28-42(32-13-3-1-4-14-32)47-44(48-43)38-19-11-15-31-12-5-6-16-34(31)38/h1,3-8,11-23,26-28H,2,9-10,24-25H2. The van der Waals surface area contributed by atoms with E-state index in [1.807, 2.05) is 12.1 Å². The highest BCUT2D eigenvalue weighted by Gasteiger charge is 2.44. The number of fused-ring (bicyclic) bond motifs is 6. The van der Waals surface area contributed by atoms with Gasteiger partial charge in [0.2, 0.25) is 0 Å². The largest absolute Gasteiger partial charge is 0.228 e. The summed E-state index contributed by atoms with van der Waals surface area (Å²) in [5.41, 5.74) is 13.3. The monoisotopic (exact) mass is 615 g/mol. The fourth-order valence-electron chi connectivity index (χ4n) is 8.28. The van der Waals surface area contributed by atoms with E-state index >= 15 is 0 Å². The van der Waals surface area contributed by atoms with Gasteiger partial charge in [-0.25, -0.2) is 9.97 Å². The first-order valence-electron chi connectivity index (χ1n) is 16.9. The Morgan fingerprint density at radius 1 is 0.500 bits per heavy atom. The number of benzene rings is 6.